The standard InChI is InChI=1S/C19H19N7O2/c1-12-4-6-26-16(7-12)14(8-22-26)17-20-9-15-18(23-17)25(11-21-15)13-3-2-5-24(10-13)19(27)28/h4,6-9,11,13H,2-3,5,10H2,1H3,(H,27,28). The van der Waals surface area contributed by atoms with E-state index in [0.29, 0.717) is 30.1 Å². The summed E-state index contributed by atoms with van der Waals surface area (Å²) in [5.41, 5.74) is 4.35. The predicted octanol–water partition coefficient (Wildman–Crippen LogP) is 2.76. The molecule has 4 aromatic rings. The SMILES string of the molecule is Cc1ccn2ncc(-c3ncc4ncn(C5CCCN(C(=O)O)C5)c4n3)c2c1. The molecule has 1 N–H and O–H groups in total. The zero-order chi connectivity index (χ0) is 19.3. The van der Waals surface area contributed by atoms with Crippen molar-refractivity contribution >= 4 is 22.8 Å². The molecule has 9 nitrogen and oxygen atoms in total. The maximum absolute atomic E-state index is 11.4. The first kappa shape index (κ1) is 16.7. The summed E-state index contributed by atoms with van der Waals surface area (Å²) in [5, 5.41) is 13.7. The number of carboxylic acid groups (broad SMARTS) is 1. The number of amides is 1. The van der Waals surface area contributed by atoms with Crippen molar-refractivity contribution in [2.75, 3.05) is 13.1 Å². The van der Waals surface area contributed by atoms with Crippen LogP contribution in [0.3, 0.4) is 0 Å². The number of pyridine rings is 1. The number of likely N-dealkylation sites (tertiary alicyclic amines) is 1. The van der Waals surface area contributed by atoms with Gasteiger partial charge in [0.15, 0.2) is 11.5 Å². The van der Waals surface area contributed by atoms with Gasteiger partial charge in [0.05, 0.1) is 35.8 Å². The molecule has 28 heavy (non-hydrogen) atoms. The lowest BCUT2D eigenvalue weighted by Gasteiger charge is -2.31. The number of carbonyl (C=O) groups is 1. The Kier molecular flexibility index (Phi) is 3.75. The fourth-order valence-electron chi connectivity index (χ4n) is 3.84. The molecule has 9 heteroatoms. The van der Waals surface area contributed by atoms with Crippen molar-refractivity contribution in [1.82, 2.24) is 34.0 Å². The Hall–Kier alpha value is -3.49. The number of hydrogen-bond donors (Lipinski definition) is 1. The molecule has 1 atom stereocenters. The minimum atomic E-state index is -0.883. The van der Waals surface area contributed by atoms with Gasteiger partial charge in [0.1, 0.15) is 5.52 Å². The average Bonchev–Trinajstić information content (AvgIpc) is 3.31. The number of aryl methyl sites for hydroxylation is 1. The van der Waals surface area contributed by atoms with E-state index in [1.807, 2.05) is 23.8 Å². The zero-order valence-electron chi connectivity index (χ0n) is 15.4. The van der Waals surface area contributed by atoms with Gasteiger partial charge < -0.3 is 14.6 Å². The van der Waals surface area contributed by atoms with E-state index in [9.17, 15) is 9.90 Å². The minimum absolute atomic E-state index is 0.0174. The first-order valence-electron chi connectivity index (χ1n) is 9.22. The Morgan fingerprint density at radius 2 is 2.18 bits per heavy atom. The van der Waals surface area contributed by atoms with Gasteiger partial charge in [0.25, 0.3) is 0 Å². The Morgan fingerprint density at radius 1 is 1.29 bits per heavy atom. The molecule has 4 aromatic heterocycles. The number of rotatable bonds is 2. The molecule has 0 spiro atoms. The van der Waals surface area contributed by atoms with Gasteiger partial charge in [0, 0.05) is 19.3 Å². The monoisotopic (exact) mass is 377 g/mol. The molecule has 1 aliphatic rings. The van der Waals surface area contributed by atoms with Gasteiger partial charge in [-0.25, -0.2) is 24.3 Å². The van der Waals surface area contributed by atoms with Crippen LogP contribution >= 0.6 is 0 Å². The lowest BCUT2D eigenvalue weighted by Crippen LogP contribution is -2.39. The molecule has 142 valence electrons. The first-order chi connectivity index (χ1) is 13.6. The van der Waals surface area contributed by atoms with Gasteiger partial charge in [-0.1, -0.05) is 0 Å². The molecular formula is C19H19N7O2. The summed E-state index contributed by atoms with van der Waals surface area (Å²) in [6, 6.07) is 4.07. The van der Waals surface area contributed by atoms with Crippen molar-refractivity contribution in [3.8, 4) is 11.4 Å². The maximum atomic E-state index is 11.4. The molecule has 5 rings (SSSR count). The van der Waals surface area contributed by atoms with Crippen molar-refractivity contribution in [2.24, 2.45) is 0 Å². The number of imidazole rings is 1. The van der Waals surface area contributed by atoms with Gasteiger partial charge in [-0.3, -0.25) is 0 Å². The number of nitrogens with zero attached hydrogens (tertiary/aromatic N) is 7. The van der Waals surface area contributed by atoms with Gasteiger partial charge >= 0.3 is 6.09 Å². The first-order valence-corrected chi connectivity index (χ1v) is 9.22. The van der Waals surface area contributed by atoms with Crippen LogP contribution in [0.4, 0.5) is 4.79 Å². The summed E-state index contributed by atoms with van der Waals surface area (Å²) in [6.07, 6.45) is 7.96. The lowest BCUT2D eigenvalue weighted by atomic mass is 10.1. The van der Waals surface area contributed by atoms with Crippen LogP contribution in [0.2, 0.25) is 0 Å². The third kappa shape index (κ3) is 2.67. The van der Waals surface area contributed by atoms with Crippen LogP contribution in [0.15, 0.2) is 37.1 Å². The minimum Gasteiger partial charge on any atom is -0.465 e. The maximum Gasteiger partial charge on any atom is 0.407 e. The predicted molar refractivity (Wildman–Crippen MR) is 102 cm³/mol. The Morgan fingerprint density at radius 3 is 3.04 bits per heavy atom. The van der Waals surface area contributed by atoms with Gasteiger partial charge in [-0.15, -0.1) is 0 Å². The zero-order valence-corrected chi connectivity index (χ0v) is 15.4. The van der Waals surface area contributed by atoms with Crippen LogP contribution in [0.5, 0.6) is 0 Å². The highest BCUT2D eigenvalue weighted by Gasteiger charge is 2.26. The molecule has 0 aromatic carbocycles. The molecule has 1 aliphatic heterocycles. The fourth-order valence-corrected chi connectivity index (χ4v) is 3.84. The van der Waals surface area contributed by atoms with E-state index in [-0.39, 0.29) is 6.04 Å². The van der Waals surface area contributed by atoms with E-state index in [1.165, 1.54) is 4.90 Å². The summed E-state index contributed by atoms with van der Waals surface area (Å²) >= 11 is 0. The highest BCUT2D eigenvalue weighted by atomic mass is 16.4. The van der Waals surface area contributed by atoms with Crippen LogP contribution < -0.4 is 0 Å². The third-order valence-corrected chi connectivity index (χ3v) is 5.29. The largest absolute Gasteiger partial charge is 0.465 e. The number of aromatic nitrogens is 6. The molecule has 0 bridgehead atoms. The van der Waals surface area contributed by atoms with Crippen LogP contribution in [0, 0.1) is 6.92 Å². The summed E-state index contributed by atoms with van der Waals surface area (Å²) in [6.45, 7) is 3.05. The topological polar surface area (TPSA) is 101 Å². The van der Waals surface area contributed by atoms with Crippen LogP contribution in [0.1, 0.15) is 24.4 Å². The van der Waals surface area contributed by atoms with Crippen LogP contribution in [-0.4, -0.2) is 58.3 Å². The summed E-state index contributed by atoms with van der Waals surface area (Å²) in [4.78, 5) is 26.5. The Labute approximate surface area is 160 Å². The molecule has 1 saturated heterocycles. The van der Waals surface area contributed by atoms with Crippen molar-refractivity contribution in [3.63, 3.8) is 0 Å². The lowest BCUT2D eigenvalue weighted by molar-refractivity contribution is 0.122. The summed E-state index contributed by atoms with van der Waals surface area (Å²) < 4.78 is 3.78. The smallest absolute Gasteiger partial charge is 0.407 e. The molecule has 5 heterocycles. The van der Waals surface area contributed by atoms with Crippen molar-refractivity contribution < 1.29 is 9.90 Å². The van der Waals surface area contributed by atoms with Crippen LogP contribution in [-0.2, 0) is 0 Å². The van der Waals surface area contributed by atoms with E-state index in [4.69, 9.17) is 4.98 Å². The molecule has 0 saturated carbocycles. The third-order valence-electron chi connectivity index (χ3n) is 5.29. The normalized spacial score (nSPS) is 17.5. The molecule has 1 fully saturated rings. The number of hydrogen-bond acceptors (Lipinski definition) is 5. The second-order valence-corrected chi connectivity index (χ2v) is 7.17. The van der Waals surface area contributed by atoms with Crippen molar-refractivity contribution in [2.45, 2.75) is 25.8 Å². The van der Waals surface area contributed by atoms with E-state index in [2.05, 4.69) is 21.1 Å². The summed E-state index contributed by atoms with van der Waals surface area (Å²) in [7, 11) is 0. The molecule has 1 unspecified atom stereocenters. The fraction of sp³-hybridized carbons (Fsp3) is 0.316. The Bertz CT molecular complexity index is 1200. The van der Waals surface area contributed by atoms with Gasteiger partial charge in [0.2, 0.25) is 0 Å². The van der Waals surface area contributed by atoms with E-state index < -0.39 is 6.09 Å². The van der Waals surface area contributed by atoms with Crippen molar-refractivity contribution in [1.29, 1.82) is 0 Å². The molecular weight excluding hydrogens is 358 g/mol. The second kappa shape index (κ2) is 6.29. The van der Waals surface area contributed by atoms with Gasteiger partial charge in [-0.2, -0.15) is 5.10 Å². The highest BCUT2D eigenvalue weighted by Crippen LogP contribution is 2.27. The van der Waals surface area contributed by atoms with E-state index in [1.54, 1.807) is 23.2 Å². The van der Waals surface area contributed by atoms with Crippen LogP contribution in [0.25, 0.3) is 28.1 Å². The van der Waals surface area contributed by atoms with Crippen molar-refractivity contribution in [3.05, 3.63) is 42.6 Å². The number of fused-ring (bicyclic) bond motifs is 2. The number of piperidine rings is 1. The quantitative estimate of drug-likeness (QED) is 0.576. The second-order valence-electron chi connectivity index (χ2n) is 7.17. The summed E-state index contributed by atoms with van der Waals surface area (Å²) in [5.74, 6) is 0.584. The highest BCUT2D eigenvalue weighted by molar-refractivity contribution is 5.79. The Balaban J connectivity index is 1.58. The molecule has 0 radical (unpaired) electrons. The van der Waals surface area contributed by atoms with E-state index >= 15 is 0 Å². The van der Waals surface area contributed by atoms with Gasteiger partial charge in [-0.05, 0) is 37.5 Å². The molecule has 1 amide bonds. The molecule has 0 aliphatic carbocycles. The average molecular weight is 377 g/mol. The van der Waals surface area contributed by atoms with E-state index in [0.717, 1.165) is 29.5 Å².